The van der Waals surface area contributed by atoms with Gasteiger partial charge in [0.15, 0.2) is 0 Å². The molecule has 1 aromatic carbocycles. The maximum atomic E-state index is 12.2. The zero-order valence-electron chi connectivity index (χ0n) is 13.4. The summed E-state index contributed by atoms with van der Waals surface area (Å²) < 4.78 is 0. The van der Waals surface area contributed by atoms with Crippen molar-refractivity contribution >= 4 is 22.8 Å². The number of hydrogen-bond donors (Lipinski definition) is 1. The van der Waals surface area contributed by atoms with E-state index >= 15 is 0 Å². The van der Waals surface area contributed by atoms with E-state index in [1.165, 1.54) is 10.5 Å². The Hall–Kier alpha value is -2.30. The zero-order valence-corrected chi connectivity index (χ0v) is 13.4. The summed E-state index contributed by atoms with van der Waals surface area (Å²) in [6.07, 6.45) is 0.596. The predicted molar refractivity (Wildman–Crippen MR) is 85.6 cm³/mol. The van der Waals surface area contributed by atoms with Crippen molar-refractivity contribution in [2.24, 2.45) is 0 Å². The molecule has 0 aliphatic carbocycles. The first-order chi connectivity index (χ1) is 10.6. The van der Waals surface area contributed by atoms with E-state index in [0.717, 1.165) is 16.6 Å². The van der Waals surface area contributed by atoms with Crippen LogP contribution in [0.1, 0.15) is 38.1 Å². The highest BCUT2D eigenvalue weighted by atomic mass is 16.2. The largest absolute Gasteiger partial charge is 0.356 e. The van der Waals surface area contributed by atoms with E-state index in [-0.39, 0.29) is 24.0 Å². The summed E-state index contributed by atoms with van der Waals surface area (Å²) in [4.78, 5) is 30.7. The fraction of sp³-hybridized carbons (Fsp3) is 0.412. The standard InChI is InChI=1S/C15H15N3O2.C2H6/c1-8-13-10(9-5-3-4-6-11(9)16-13)7-12-14(19)17(2)15(20)18(8)12;1-2/h3-6,8,12,16H,7H2,1-2H3;1-2H3. The van der Waals surface area contributed by atoms with Gasteiger partial charge in [-0.1, -0.05) is 32.0 Å². The molecular weight excluding hydrogens is 278 g/mol. The van der Waals surface area contributed by atoms with Gasteiger partial charge in [0.2, 0.25) is 0 Å². The van der Waals surface area contributed by atoms with Gasteiger partial charge in [-0.05, 0) is 18.6 Å². The van der Waals surface area contributed by atoms with Crippen LogP contribution in [-0.2, 0) is 11.2 Å². The molecule has 4 rings (SSSR count). The van der Waals surface area contributed by atoms with Crippen LogP contribution in [0.4, 0.5) is 4.79 Å². The molecule has 1 fully saturated rings. The molecule has 0 spiro atoms. The summed E-state index contributed by atoms with van der Waals surface area (Å²) >= 11 is 0. The molecule has 2 atom stereocenters. The Morgan fingerprint density at radius 1 is 1.18 bits per heavy atom. The minimum Gasteiger partial charge on any atom is -0.356 e. The smallest absolute Gasteiger partial charge is 0.327 e. The normalized spacial score (nSPS) is 23.3. The van der Waals surface area contributed by atoms with Gasteiger partial charge >= 0.3 is 6.03 Å². The van der Waals surface area contributed by atoms with Gasteiger partial charge < -0.3 is 9.88 Å². The first-order valence-corrected chi connectivity index (χ1v) is 7.79. The Morgan fingerprint density at radius 2 is 1.86 bits per heavy atom. The molecule has 22 heavy (non-hydrogen) atoms. The summed E-state index contributed by atoms with van der Waals surface area (Å²) in [5, 5.41) is 1.16. The Bertz CT molecular complexity index is 749. The molecule has 1 saturated heterocycles. The molecule has 5 heteroatoms. The van der Waals surface area contributed by atoms with E-state index in [2.05, 4.69) is 11.1 Å². The van der Waals surface area contributed by atoms with Gasteiger partial charge in [-0.15, -0.1) is 0 Å². The van der Waals surface area contributed by atoms with Gasteiger partial charge in [-0.25, -0.2) is 4.79 Å². The van der Waals surface area contributed by atoms with Gasteiger partial charge in [0.1, 0.15) is 6.04 Å². The lowest BCUT2D eigenvalue weighted by Gasteiger charge is -2.33. The third kappa shape index (κ3) is 1.78. The highest BCUT2D eigenvalue weighted by Crippen LogP contribution is 2.40. The third-order valence-corrected chi connectivity index (χ3v) is 4.54. The van der Waals surface area contributed by atoms with E-state index in [0.29, 0.717) is 6.42 Å². The van der Waals surface area contributed by atoms with Crippen molar-refractivity contribution in [3.63, 3.8) is 0 Å². The van der Waals surface area contributed by atoms with Crippen LogP contribution in [0.3, 0.4) is 0 Å². The van der Waals surface area contributed by atoms with Crippen LogP contribution < -0.4 is 0 Å². The van der Waals surface area contributed by atoms with Crippen molar-refractivity contribution in [2.75, 3.05) is 7.05 Å². The average Bonchev–Trinajstić information content (AvgIpc) is 3.02. The number of carbonyl (C=O) groups is 2. The second kappa shape index (κ2) is 5.16. The lowest BCUT2D eigenvalue weighted by molar-refractivity contribution is -0.127. The number of nitrogens with one attached hydrogen (secondary N) is 1. The van der Waals surface area contributed by atoms with E-state index in [1.807, 2.05) is 39.0 Å². The highest BCUT2D eigenvalue weighted by molar-refractivity contribution is 6.05. The number of nitrogens with zero attached hydrogens (tertiary/aromatic N) is 2. The van der Waals surface area contributed by atoms with Crippen molar-refractivity contribution in [1.82, 2.24) is 14.8 Å². The molecule has 0 saturated carbocycles. The number of H-pyrrole nitrogens is 1. The maximum absolute atomic E-state index is 12.2. The fourth-order valence-corrected chi connectivity index (χ4v) is 3.49. The first-order valence-electron chi connectivity index (χ1n) is 7.79. The molecule has 1 aromatic heterocycles. The second-order valence-electron chi connectivity index (χ2n) is 5.55. The van der Waals surface area contributed by atoms with Crippen molar-refractivity contribution in [2.45, 2.75) is 39.3 Å². The molecule has 2 aliphatic heterocycles. The Morgan fingerprint density at radius 3 is 2.59 bits per heavy atom. The summed E-state index contributed by atoms with van der Waals surface area (Å²) in [6, 6.07) is 7.43. The van der Waals surface area contributed by atoms with Gasteiger partial charge in [-0.3, -0.25) is 9.69 Å². The van der Waals surface area contributed by atoms with Crippen molar-refractivity contribution in [3.8, 4) is 0 Å². The SMILES string of the molecule is CC.CC1c2[nH]c3ccccc3c2CC2C(=O)N(C)C(=O)N21. The van der Waals surface area contributed by atoms with Gasteiger partial charge in [-0.2, -0.15) is 0 Å². The molecule has 0 radical (unpaired) electrons. The van der Waals surface area contributed by atoms with E-state index in [4.69, 9.17) is 0 Å². The molecule has 2 unspecified atom stereocenters. The van der Waals surface area contributed by atoms with Crippen LogP contribution in [0.2, 0.25) is 0 Å². The number of rotatable bonds is 0. The monoisotopic (exact) mass is 299 g/mol. The quantitative estimate of drug-likeness (QED) is 0.760. The lowest BCUT2D eigenvalue weighted by Crippen LogP contribution is -2.42. The van der Waals surface area contributed by atoms with E-state index in [1.54, 1.807) is 11.9 Å². The molecule has 3 amide bonds. The number of benzene rings is 1. The minimum atomic E-state index is -0.353. The summed E-state index contributed by atoms with van der Waals surface area (Å²) in [5.41, 5.74) is 3.29. The number of urea groups is 1. The minimum absolute atomic E-state index is 0.0993. The summed E-state index contributed by atoms with van der Waals surface area (Å²) in [7, 11) is 1.56. The Labute approximate surface area is 129 Å². The van der Waals surface area contributed by atoms with E-state index in [9.17, 15) is 9.59 Å². The van der Waals surface area contributed by atoms with Gasteiger partial charge in [0, 0.05) is 30.1 Å². The first kappa shape index (κ1) is 14.6. The average molecular weight is 299 g/mol. The topological polar surface area (TPSA) is 56.4 Å². The highest BCUT2D eigenvalue weighted by Gasteiger charge is 2.49. The fourth-order valence-electron chi connectivity index (χ4n) is 3.49. The van der Waals surface area contributed by atoms with Crippen LogP contribution in [0.15, 0.2) is 24.3 Å². The lowest BCUT2D eigenvalue weighted by atomic mass is 9.93. The molecule has 0 bridgehead atoms. The Balaban J connectivity index is 0.000000693. The molecule has 5 nitrogen and oxygen atoms in total. The van der Waals surface area contributed by atoms with E-state index < -0.39 is 0 Å². The summed E-state index contributed by atoms with van der Waals surface area (Å²) in [5.74, 6) is -0.0993. The number of imide groups is 1. The molecule has 116 valence electrons. The number of amides is 3. The van der Waals surface area contributed by atoms with Gasteiger partial charge in [0.25, 0.3) is 5.91 Å². The molecule has 1 N–H and O–H groups in total. The second-order valence-corrected chi connectivity index (χ2v) is 5.55. The number of likely N-dealkylation sites (N-methyl/N-ethyl adjacent to an activating group) is 1. The number of aromatic nitrogens is 1. The number of hydrogen-bond acceptors (Lipinski definition) is 2. The van der Waals surface area contributed by atoms with Crippen LogP contribution in [0, 0.1) is 0 Å². The molecule has 2 aliphatic rings. The van der Waals surface area contributed by atoms with Crippen LogP contribution in [0.5, 0.6) is 0 Å². The number of carbonyl (C=O) groups excluding carboxylic acids is 2. The zero-order chi connectivity index (χ0) is 16.0. The summed E-state index contributed by atoms with van der Waals surface area (Å²) in [6.45, 7) is 5.98. The van der Waals surface area contributed by atoms with Crippen LogP contribution in [-0.4, -0.2) is 39.8 Å². The predicted octanol–water partition coefficient (Wildman–Crippen LogP) is 3.07. The van der Waals surface area contributed by atoms with Crippen LogP contribution >= 0.6 is 0 Å². The third-order valence-electron chi connectivity index (χ3n) is 4.54. The van der Waals surface area contributed by atoms with Crippen molar-refractivity contribution in [1.29, 1.82) is 0 Å². The van der Waals surface area contributed by atoms with Crippen molar-refractivity contribution < 1.29 is 9.59 Å². The maximum Gasteiger partial charge on any atom is 0.327 e. The number of para-hydroxylation sites is 1. The molecule has 3 heterocycles. The van der Waals surface area contributed by atoms with Crippen molar-refractivity contribution in [3.05, 3.63) is 35.5 Å². The van der Waals surface area contributed by atoms with Crippen LogP contribution in [0.25, 0.3) is 10.9 Å². The Kier molecular flexibility index (Phi) is 3.43. The van der Waals surface area contributed by atoms with Gasteiger partial charge in [0.05, 0.1) is 6.04 Å². The number of fused-ring (bicyclic) bond motifs is 4. The molecule has 2 aromatic rings. The molecular formula is C17H21N3O2. The number of aromatic amines is 1.